The van der Waals surface area contributed by atoms with E-state index >= 15 is 0 Å². The molecule has 1 aliphatic heterocycles. The van der Waals surface area contributed by atoms with E-state index < -0.39 is 0 Å². The molecule has 156 valence electrons. The monoisotopic (exact) mass is 461 g/mol. The minimum absolute atomic E-state index is 0.0157. The van der Waals surface area contributed by atoms with Crippen LogP contribution in [0.15, 0.2) is 53.0 Å². The fourth-order valence-corrected chi connectivity index (χ4v) is 4.02. The van der Waals surface area contributed by atoms with E-state index in [1.54, 1.807) is 12.1 Å². The molecule has 0 atom stereocenters. The lowest BCUT2D eigenvalue weighted by Crippen LogP contribution is -2.46. The number of carbonyl (C=O) groups is 1. The van der Waals surface area contributed by atoms with Crippen LogP contribution in [-0.4, -0.2) is 55.0 Å². The molecule has 1 amide bonds. The van der Waals surface area contributed by atoms with Gasteiger partial charge in [-0.2, -0.15) is 0 Å². The van der Waals surface area contributed by atoms with Crippen molar-refractivity contribution in [3.63, 3.8) is 0 Å². The first kappa shape index (κ1) is 21.9. The van der Waals surface area contributed by atoms with Crippen molar-refractivity contribution in [3.8, 4) is 0 Å². The van der Waals surface area contributed by atoms with Crippen LogP contribution in [0.25, 0.3) is 0 Å². The highest BCUT2D eigenvalue weighted by Crippen LogP contribution is 2.17. The van der Waals surface area contributed by atoms with Gasteiger partial charge in [0.1, 0.15) is 5.82 Å². The summed E-state index contributed by atoms with van der Waals surface area (Å²) >= 11 is 3.15. The zero-order valence-corrected chi connectivity index (χ0v) is 18.3. The number of halogens is 2. The minimum atomic E-state index is -0.310. The van der Waals surface area contributed by atoms with Gasteiger partial charge in [0.05, 0.1) is 10.9 Å². The Labute approximate surface area is 181 Å². The molecule has 2 aromatic rings. The Hall–Kier alpha value is -1.76. The van der Waals surface area contributed by atoms with Crippen LogP contribution in [0.1, 0.15) is 24.0 Å². The van der Waals surface area contributed by atoms with Crippen LogP contribution in [0, 0.1) is 5.82 Å². The van der Waals surface area contributed by atoms with E-state index in [0.29, 0.717) is 11.0 Å². The van der Waals surface area contributed by atoms with Crippen molar-refractivity contribution < 1.29 is 9.18 Å². The molecule has 1 saturated heterocycles. The van der Waals surface area contributed by atoms with Gasteiger partial charge in [-0.3, -0.25) is 9.69 Å². The van der Waals surface area contributed by atoms with Gasteiger partial charge in [0, 0.05) is 39.3 Å². The maximum Gasteiger partial charge on any atom is 0.224 e. The molecular weight excluding hydrogens is 433 g/mol. The molecule has 1 fully saturated rings. The van der Waals surface area contributed by atoms with Gasteiger partial charge in [0.15, 0.2) is 0 Å². The first-order valence-electron chi connectivity index (χ1n) is 10.3. The molecule has 3 rings (SSSR count). The molecule has 1 N–H and O–H groups in total. The Bertz CT molecular complexity index is 779. The number of hydrogen-bond acceptors (Lipinski definition) is 3. The van der Waals surface area contributed by atoms with Crippen molar-refractivity contribution in [2.45, 2.75) is 25.8 Å². The molecule has 0 saturated carbocycles. The second kappa shape index (κ2) is 11.4. The third kappa shape index (κ3) is 7.53. The zero-order valence-electron chi connectivity index (χ0n) is 16.7. The lowest BCUT2D eigenvalue weighted by molar-refractivity contribution is -0.120. The summed E-state index contributed by atoms with van der Waals surface area (Å²) < 4.78 is 13.6. The largest absolute Gasteiger partial charge is 0.356 e. The summed E-state index contributed by atoms with van der Waals surface area (Å²) in [5.74, 6) is -0.326. The van der Waals surface area contributed by atoms with Crippen LogP contribution >= 0.6 is 15.9 Å². The summed E-state index contributed by atoms with van der Waals surface area (Å²) in [6.07, 6.45) is 2.34. The molecule has 6 heteroatoms. The molecule has 4 nitrogen and oxygen atoms in total. The number of nitrogens with zero attached hydrogens (tertiary/aromatic N) is 2. The number of hydrogen-bond donors (Lipinski definition) is 1. The Morgan fingerprint density at radius 2 is 1.69 bits per heavy atom. The number of carbonyl (C=O) groups excluding carboxylic acids is 1. The molecule has 0 aliphatic carbocycles. The molecule has 0 spiro atoms. The van der Waals surface area contributed by atoms with Gasteiger partial charge >= 0.3 is 0 Å². The summed E-state index contributed by atoms with van der Waals surface area (Å²) in [7, 11) is 0. The second-order valence-electron chi connectivity index (χ2n) is 7.59. The van der Waals surface area contributed by atoms with E-state index in [2.05, 4.69) is 61.4 Å². The number of rotatable bonds is 9. The first-order valence-corrected chi connectivity index (χ1v) is 11.1. The SMILES string of the molecule is O=C(Cc1ccc(F)c(Br)c1)NCCCCN1CCN(Cc2ccccc2)CC1. The molecule has 0 aromatic heterocycles. The molecule has 0 radical (unpaired) electrons. The smallest absolute Gasteiger partial charge is 0.224 e. The van der Waals surface area contributed by atoms with Crippen molar-refractivity contribution in [2.75, 3.05) is 39.3 Å². The van der Waals surface area contributed by atoms with Gasteiger partial charge in [-0.1, -0.05) is 36.4 Å². The maximum atomic E-state index is 13.2. The predicted octanol–water partition coefficient (Wildman–Crippen LogP) is 3.84. The van der Waals surface area contributed by atoms with Crippen LogP contribution in [0.5, 0.6) is 0 Å². The topological polar surface area (TPSA) is 35.6 Å². The van der Waals surface area contributed by atoms with Gasteiger partial charge in [0.25, 0.3) is 0 Å². The normalized spacial score (nSPS) is 15.4. The lowest BCUT2D eigenvalue weighted by Gasteiger charge is -2.34. The van der Waals surface area contributed by atoms with Crippen LogP contribution in [0.4, 0.5) is 4.39 Å². The van der Waals surface area contributed by atoms with Crippen molar-refractivity contribution in [2.24, 2.45) is 0 Å². The summed E-state index contributed by atoms with van der Waals surface area (Å²) in [5, 5.41) is 2.96. The molecule has 1 aliphatic rings. The average Bonchev–Trinajstić information content (AvgIpc) is 2.72. The number of amides is 1. The van der Waals surface area contributed by atoms with Gasteiger partial charge in [-0.05, 0) is 58.6 Å². The van der Waals surface area contributed by atoms with E-state index in [9.17, 15) is 9.18 Å². The average molecular weight is 462 g/mol. The molecular formula is C23H29BrFN3O. The highest BCUT2D eigenvalue weighted by atomic mass is 79.9. The number of unbranched alkanes of at least 4 members (excludes halogenated alkanes) is 1. The van der Waals surface area contributed by atoms with Gasteiger partial charge in [-0.25, -0.2) is 4.39 Å². The van der Waals surface area contributed by atoms with E-state index in [1.807, 2.05) is 0 Å². The molecule has 29 heavy (non-hydrogen) atoms. The van der Waals surface area contributed by atoms with Crippen molar-refractivity contribution >= 4 is 21.8 Å². The van der Waals surface area contributed by atoms with Crippen LogP contribution in [-0.2, 0) is 17.8 Å². The number of benzene rings is 2. The van der Waals surface area contributed by atoms with Crippen LogP contribution in [0.3, 0.4) is 0 Å². The van der Waals surface area contributed by atoms with Crippen molar-refractivity contribution in [3.05, 3.63) is 69.9 Å². The summed E-state index contributed by atoms with van der Waals surface area (Å²) in [6.45, 7) is 7.25. The standard InChI is InChI=1S/C23H29BrFN3O/c24-21-16-20(8-9-22(21)25)17-23(29)26-10-4-5-11-27-12-14-28(15-13-27)18-19-6-2-1-3-7-19/h1-3,6-9,16H,4-5,10-15,17-18H2,(H,26,29). The first-order chi connectivity index (χ1) is 14.1. The van der Waals surface area contributed by atoms with Gasteiger partial charge < -0.3 is 10.2 Å². The van der Waals surface area contributed by atoms with Crippen LogP contribution < -0.4 is 5.32 Å². The molecule has 0 bridgehead atoms. The Balaban J connectivity index is 1.24. The van der Waals surface area contributed by atoms with Crippen molar-refractivity contribution in [1.82, 2.24) is 15.1 Å². The highest BCUT2D eigenvalue weighted by Gasteiger charge is 2.16. The molecule has 0 unspecified atom stereocenters. The predicted molar refractivity (Wildman–Crippen MR) is 118 cm³/mol. The zero-order chi connectivity index (χ0) is 20.5. The van der Waals surface area contributed by atoms with Gasteiger partial charge in [-0.15, -0.1) is 0 Å². The maximum absolute atomic E-state index is 13.2. The third-order valence-electron chi connectivity index (χ3n) is 5.29. The summed E-state index contributed by atoms with van der Waals surface area (Å²) in [6, 6.07) is 15.3. The summed E-state index contributed by atoms with van der Waals surface area (Å²) in [5.41, 5.74) is 2.19. The number of nitrogens with one attached hydrogen (secondary N) is 1. The van der Waals surface area contributed by atoms with E-state index in [0.717, 1.165) is 57.7 Å². The Morgan fingerprint density at radius 1 is 0.966 bits per heavy atom. The molecule has 2 aromatic carbocycles. The van der Waals surface area contributed by atoms with E-state index in [1.165, 1.54) is 11.6 Å². The number of piperazine rings is 1. The summed E-state index contributed by atoms with van der Waals surface area (Å²) in [4.78, 5) is 17.1. The highest BCUT2D eigenvalue weighted by molar-refractivity contribution is 9.10. The van der Waals surface area contributed by atoms with Crippen LogP contribution in [0.2, 0.25) is 0 Å². The quantitative estimate of drug-likeness (QED) is 0.576. The lowest BCUT2D eigenvalue weighted by atomic mass is 10.1. The molecule has 1 heterocycles. The fourth-order valence-electron chi connectivity index (χ4n) is 3.60. The Kier molecular flexibility index (Phi) is 8.65. The van der Waals surface area contributed by atoms with Crippen molar-refractivity contribution in [1.29, 1.82) is 0 Å². The van der Waals surface area contributed by atoms with Gasteiger partial charge in [0.2, 0.25) is 5.91 Å². The second-order valence-corrected chi connectivity index (χ2v) is 8.44. The fraction of sp³-hybridized carbons (Fsp3) is 0.435. The van der Waals surface area contributed by atoms with E-state index in [4.69, 9.17) is 0 Å². The minimum Gasteiger partial charge on any atom is -0.356 e. The Morgan fingerprint density at radius 3 is 2.41 bits per heavy atom. The third-order valence-corrected chi connectivity index (χ3v) is 5.89. The van der Waals surface area contributed by atoms with E-state index in [-0.39, 0.29) is 18.1 Å².